The number of furan rings is 1. The van der Waals surface area contributed by atoms with E-state index in [-0.39, 0.29) is 18.0 Å². The average molecular weight is 238 g/mol. The minimum Gasteiger partial charge on any atom is -0.468 e. The molecule has 0 aliphatic heterocycles. The molecule has 96 valence electrons. The molecule has 0 spiro atoms. The van der Waals surface area contributed by atoms with Crippen molar-refractivity contribution in [2.24, 2.45) is 5.92 Å². The maximum atomic E-state index is 11.7. The van der Waals surface area contributed by atoms with Gasteiger partial charge in [0, 0.05) is 6.54 Å². The van der Waals surface area contributed by atoms with Gasteiger partial charge in [0.25, 0.3) is 0 Å². The molecule has 2 N–H and O–H groups in total. The summed E-state index contributed by atoms with van der Waals surface area (Å²) in [5, 5.41) is 6.10. The van der Waals surface area contributed by atoms with Gasteiger partial charge >= 0.3 is 0 Å². The largest absolute Gasteiger partial charge is 0.468 e. The summed E-state index contributed by atoms with van der Waals surface area (Å²) in [6.45, 7) is 8.69. The molecule has 0 aliphatic rings. The van der Waals surface area contributed by atoms with Crippen molar-refractivity contribution in [3.8, 4) is 0 Å². The van der Waals surface area contributed by atoms with Crippen LogP contribution in [0, 0.1) is 5.92 Å². The van der Waals surface area contributed by atoms with E-state index >= 15 is 0 Å². The second kappa shape index (κ2) is 6.45. The zero-order valence-electron chi connectivity index (χ0n) is 11.0. The first kappa shape index (κ1) is 13.8. The Morgan fingerprint density at radius 3 is 2.59 bits per heavy atom. The lowest BCUT2D eigenvalue weighted by Gasteiger charge is -2.18. The highest BCUT2D eigenvalue weighted by Crippen LogP contribution is 2.12. The maximum Gasteiger partial charge on any atom is 0.236 e. The zero-order valence-corrected chi connectivity index (χ0v) is 11.0. The molecule has 0 aromatic carbocycles. The Labute approximate surface area is 103 Å². The van der Waals surface area contributed by atoms with E-state index < -0.39 is 0 Å². The van der Waals surface area contributed by atoms with E-state index in [9.17, 15) is 4.79 Å². The Hall–Kier alpha value is -1.29. The molecule has 1 amide bonds. The van der Waals surface area contributed by atoms with Crippen molar-refractivity contribution in [1.82, 2.24) is 10.6 Å². The van der Waals surface area contributed by atoms with E-state index in [4.69, 9.17) is 4.42 Å². The van der Waals surface area contributed by atoms with Gasteiger partial charge in [0.15, 0.2) is 0 Å². The molecule has 0 saturated heterocycles. The molecule has 1 aromatic rings. The van der Waals surface area contributed by atoms with Crippen LogP contribution in [0.25, 0.3) is 0 Å². The summed E-state index contributed by atoms with van der Waals surface area (Å²) in [6.07, 6.45) is 1.64. The third kappa shape index (κ3) is 4.61. The molecule has 0 bridgehead atoms. The monoisotopic (exact) mass is 238 g/mol. The summed E-state index contributed by atoms with van der Waals surface area (Å²) < 4.78 is 5.28. The van der Waals surface area contributed by atoms with Crippen LogP contribution in [-0.2, 0) is 4.79 Å². The van der Waals surface area contributed by atoms with Crippen LogP contribution in [0.4, 0.5) is 0 Å². The molecule has 2 atom stereocenters. The highest BCUT2D eigenvalue weighted by atomic mass is 16.3. The van der Waals surface area contributed by atoms with Gasteiger partial charge in [0.05, 0.1) is 18.3 Å². The first-order valence-corrected chi connectivity index (χ1v) is 6.08. The number of hydrogen-bond acceptors (Lipinski definition) is 3. The number of hydrogen-bond donors (Lipinski definition) is 2. The van der Waals surface area contributed by atoms with Crippen molar-refractivity contribution in [2.45, 2.75) is 39.8 Å². The van der Waals surface area contributed by atoms with E-state index in [0.29, 0.717) is 12.5 Å². The summed E-state index contributed by atoms with van der Waals surface area (Å²) in [5.74, 6) is 1.33. The molecule has 4 nitrogen and oxygen atoms in total. The fourth-order valence-corrected chi connectivity index (χ4v) is 1.53. The topological polar surface area (TPSA) is 54.3 Å². The van der Waals surface area contributed by atoms with Gasteiger partial charge in [-0.15, -0.1) is 0 Å². The van der Waals surface area contributed by atoms with Gasteiger partial charge in [-0.25, -0.2) is 0 Å². The van der Waals surface area contributed by atoms with Gasteiger partial charge in [-0.2, -0.15) is 0 Å². The Kier molecular flexibility index (Phi) is 5.22. The van der Waals surface area contributed by atoms with E-state index in [1.807, 2.05) is 26.0 Å². The maximum absolute atomic E-state index is 11.7. The smallest absolute Gasteiger partial charge is 0.236 e. The van der Waals surface area contributed by atoms with Crippen molar-refractivity contribution in [1.29, 1.82) is 0 Å². The SMILES string of the molecule is CC(C)CNC(=O)C(C)N[C@@H](C)c1ccco1. The Balaban J connectivity index is 2.38. The third-order valence-electron chi connectivity index (χ3n) is 2.55. The molecule has 0 saturated carbocycles. The predicted octanol–water partition coefficient (Wildman–Crippen LogP) is 2.09. The Morgan fingerprint density at radius 2 is 2.06 bits per heavy atom. The lowest BCUT2D eigenvalue weighted by Crippen LogP contribution is -2.44. The van der Waals surface area contributed by atoms with Gasteiger partial charge in [-0.05, 0) is 31.9 Å². The van der Waals surface area contributed by atoms with E-state index in [0.717, 1.165) is 5.76 Å². The van der Waals surface area contributed by atoms with Gasteiger partial charge in [-0.1, -0.05) is 13.8 Å². The number of amides is 1. The van der Waals surface area contributed by atoms with Crippen molar-refractivity contribution in [3.63, 3.8) is 0 Å². The molecule has 17 heavy (non-hydrogen) atoms. The van der Waals surface area contributed by atoms with Crippen molar-refractivity contribution >= 4 is 5.91 Å². The zero-order chi connectivity index (χ0) is 12.8. The van der Waals surface area contributed by atoms with Crippen molar-refractivity contribution < 1.29 is 9.21 Å². The summed E-state index contributed by atoms with van der Waals surface area (Å²) in [6, 6.07) is 3.55. The molecule has 0 aliphatic carbocycles. The molecular weight excluding hydrogens is 216 g/mol. The van der Waals surface area contributed by atoms with Gasteiger partial charge in [-0.3, -0.25) is 10.1 Å². The molecular formula is C13H22N2O2. The standard InChI is InChI=1S/C13H22N2O2/c1-9(2)8-14-13(16)11(4)15-10(3)12-6-5-7-17-12/h5-7,9-11,15H,8H2,1-4H3,(H,14,16)/t10-,11?/m0/s1. The molecule has 4 heteroatoms. The van der Waals surface area contributed by atoms with Crippen molar-refractivity contribution in [2.75, 3.05) is 6.54 Å². The fraction of sp³-hybridized carbons (Fsp3) is 0.615. The molecule has 1 aromatic heterocycles. The third-order valence-corrected chi connectivity index (χ3v) is 2.55. The lowest BCUT2D eigenvalue weighted by molar-refractivity contribution is -0.123. The van der Waals surface area contributed by atoms with Crippen LogP contribution in [-0.4, -0.2) is 18.5 Å². The normalized spacial score (nSPS) is 14.6. The number of rotatable bonds is 6. The molecule has 1 unspecified atom stereocenters. The fourth-order valence-electron chi connectivity index (χ4n) is 1.53. The van der Waals surface area contributed by atoms with E-state index in [1.54, 1.807) is 6.26 Å². The minimum atomic E-state index is -0.228. The number of nitrogens with one attached hydrogen (secondary N) is 2. The first-order valence-electron chi connectivity index (χ1n) is 6.08. The van der Waals surface area contributed by atoms with Crippen LogP contribution in [0.3, 0.4) is 0 Å². The van der Waals surface area contributed by atoms with Crippen LogP contribution >= 0.6 is 0 Å². The second-order valence-electron chi connectivity index (χ2n) is 4.76. The molecule has 0 fully saturated rings. The highest BCUT2D eigenvalue weighted by molar-refractivity contribution is 5.81. The second-order valence-corrected chi connectivity index (χ2v) is 4.76. The Morgan fingerprint density at radius 1 is 1.35 bits per heavy atom. The summed E-state index contributed by atoms with van der Waals surface area (Å²) >= 11 is 0. The minimum absolute atomic E-state index is 0.0251. The number of carbonyl (C=O) groups is 1. The molecule has 0 radical (unpaired) electrons. The summed E-state index contributed by atoms with van der Waals surface area (Å²) in [5.41, 5.74) is 0. The Bertz CT molecular complexity index is 333. The van der Waals surface area contributed by atoms with E-state index in [1.165, 1.54) is 0 Å². The van der Waals surface area contributed by atoms with Gasteiger partial charge in [0.1, 0.15) is 5.76 Å². The van der Waals surface area contributed by atoms with E-state index in [2.05, 4.69) is 24.5 Å². The van der Waals surface area contributed by atoms with Crippen LogP contribution in [0.15, 0.2) is 22.8 Å². The number of carbonyl (C=O) groups excluding carboxylic acids is 1. The first-order chi connectivity index (χ1) is 8.00. The predicted molar refractivity (Wildman–Crippen MR) is 67.6 cm³/mol. The molecule has 1 heterocycles. The molecule has 1 rings (SSSR count). The van der Waals surface area contributed by atoms with Gasteiger partial charge < -0.3 is 9.73 Å². The van der Waals surface area contributed by atoms with Gasteiger partial charge in [0.2, 0.25) is 5.91 Å². The quantitative estimate of drug-likeness (QED) is 0.798. The summed E-state index contributed by atoms with van der Waals surface area (Å²) in [7, 11) is 0. The average Bonchev–Trinajstić information content (AvgIpc) is 2.78. The van der Waals surface area contributed by atoms with Crippen LogP contribution in [0.1, 0.15) is 39.5 Å². The van der Waals surface area contributed by atoms with Crippen molar-refractivity contribution in [3.05, 3.63) is 24.2 Å². The lowest BCUT2D eigenvalue weighted by atomic mass is 10.2. The van der Waals surface area contributed by atoms with Crippen LogP contribution < -0.4 is 10.6 Å². The van der Waals surface area contributed by atoms with Crippen LogP contribution in [0.5, 0.6) is 0 Å². The highest BCUT2D eigenvalue weighted by Gasteiger charge is 2.17. The summed E-state index contributed by atoms with van der Waals surface area (Å²) in [4.78, 5) is 11.7. The van der Waals surface area contributed by atoms with Crippen LogP contribution in [0.2, 0.25) is 0 Å².